The molecule has 0 aliphatic carbocycles. The number of rotatable bonds is 11. The Hall–Kier alpha value is -0.870. The molecule has 4 nitrogen and oxygen atoms in total. The van der Waals surface area contributed by atoms with Crippen LogP contribution in [-0.4, -0.2) is 39.0 Å². The molecule has 0 bridgehead atoms. The van der Waals surface area contributed by atoms with Gasteiger partial charge in [0.2, 0.25) is 0 Å². The maximum Gasteiger partial charge on any atom is 0.333 e. The van der Waals surface area contributed by atoms with Gasteiger partial charge < -0.3 is 14.2 Å². The van der Waals surface area contributed by atoms with E-state index in [1.54, 1.807) is 6.92 Å². The summed E-state index contributed by atoms with van der Waals surface area (Å²) in [5.74, 6) is -0.335. The van der Waals surface area contributed by atoms with Crippen LogP contribution in [0, 0.1) is 0 Å². The van der Waals surface area contributed by atoms with E-state index in [2.05, 4.69) is 13.5 Å². The normalized spacial score (nSPS) is 10.2. The lowest BCUT2D eigenvalue weighted by Gasteiger charge is -2.06. The Balaban J connectivity index is 3.08. The summed E-state index contributed by atoms with van der Waals surface area (Å²) in [5.41, 5.74) is 0.430. The Labute approximate surface area is 104 Å². The van der Waals surface area contributed by atoms with Crippen LogP contribution >= 0.6 is 0 Å². The van der Waals surface area contributed by atoms with E-state index < -0.39 is 0 Å². The first kappa shape index (κ1) is 16.1. The van der Waals surface area contributed by atoms with Gasteiger partial charge in [-0.1, -0.05) is 13.5 Å². The minimum absolute atomic E-state index is 0.335. The molecule has 0 saturated carbocycles. The molecule has 0 fully saturated rings. The lowest BCUT2D eigenvalue weighted by atomic mass is 10.4. The number of hydrogen-bond donors (Lipinski definition) is 0. The van der Waals surface area contributed by atoms with Crippen molar-refractivity contribution in [1.29, 1.82) is 0 Å². The van der Waals surface area contributed by atoms with Crippen LogP contribution in [0.4, 0.5) is 0 Å². The fourth-order valence-corrected chi connectivity index (χ4v) is 1.06. The van der Waals surface area contributed by atoms with E-state index in [4.69, 9.17) is 14.2 Å². The van der Waals surface area contributed by atoms with Crippen molar-refractivity contribution < 1.29 is 19.0 Å². The number of carbonyl (C=O) groups excluding carboxylic acids is 1. The summed E-state index contributed by atoms with van der Waals surface area (Å²) in [6.45, 7) is 10.5. The summed E-state index contributed by atoms with van der Waals surface area (Å²) in [7, 11) is 0. The maximum atomic E-state index is 11.0. The number of hydrogen-bond acceptors (Lipinski definition) is 4. The number of esters is 1. The van der Waals surface area contributed by atoms with E-state index in [0.29, 0.717) is 25.4 Å². The topological polar surface area (TPSA) is 44.8 Å². The summed E-state index contributed by atoms with van der Waals surface area (Å²) in [4.78, 5) is 11.0. The van der Waals surface area contributed by atoms with Crippen LogP contribution in [0.15, 0.2) is 12.2 Å². The Kier molecular flexibility index (Phi) is 11.0. The first-order chi connectivity index (χ1) is 8.18. The minimum atomic E-state index is -0.335. The van der Waals surface area contributed by atoms with Gasteiger partial charge in [0.05, 0.1) is 6.61 Å². The molecule has 0 spiro atoms. The first-order valence-electron chi connectivity index (χ1n) is 6.16. The van der Waals surface area contributed by atoms with Crippen LogP contribution in [0.3, 0.4) is 0 Å². The average Bonchev–Trinajstić information content (AvgIpc) is 2.31. The molecule has 0 radical (unpaired) electrons. The van der Waals surface area contributed by atoms with Crippen molar-refractivity contribution in [3.05, 3.63) is 12.2 Å². The monoisotopic (exact) mass is 244 g/mol. The van der Waals surface area contributed by atoms with Crippen molar-refractivity contribution in [2.75, 3.05) is 33.0 Å². The highest BCUT2D eigenvalue weighted by molar-refractivity contribution is 5.86. The molecular formula is C13H24O4. The van der Waals surface area contributed by atoms with Gasteiger partial charge in [0.15, 0.2) is 0 Å². The van der Waals surface area contributed by atoms with E-state index in [-0.39, 0.29) is 5.97 Å². The molecule has 0 amide bonds. The Morgan fingerprint density at radius 2 is 1.53 bits per heavy atom. The van der Waals surface area contributed by atoms with Crippen LogP contribution in [0.1, 0.15) is 33.1 Å². The van der Waals surface area contributed by atoms with Crippen LogP contribution in [0.5, 0.6) is 0 Å². The summed E-state index contributed by atoms with van der Waals surface area (Å²) >= 11 is 0. The predicted molar refractivity (Wildman–Crippen MR) is 66.9 cm³/mol. The largest absolute Gasteiger partial charge is 0.462 e. The molecule has 100 valence electrons. The fourth-order valence-electron chi connectivity index (χ4n) is 1.06. The Morgan fingerprint density at radius 1 is 1.00 bits per heavy atom. The highest BCUT2D eigenvalue weighted by Crippen LogP contribution is 1.94. The van der Waals surface area contributed by atoms with Crippen LogP contribution in [0.2, 0.25) is 0 Å². The number of ether oxygens (including phenoxy) is 3. The van der Waals surface area contributed by atoms with E-state index in [9.17, 15) is 4.79 Å². The second-order valence-corrected chi connectivity index (χ2v) is 3.85. The number of carbonyl (C=O) groups is 1. The highest BCUT2D eigenvalue weighted by atomic mass is 16.5. The summed E-state index contributed by atoms with van der Waals surface area (Å²) < 4.78 is 15.6. The van der Waals surface area contributed by atoms with Gasteiger partial charge in [-0.05, 0) is 19.8 Å². The lowest BCUT2D eigenvalue weighted by molar-refractivity contribution is -0.139. The Bertz CT molecular complexity index is 213. The van der Waals surface area contributed by atoms with E-state index in [0.717, 1.165) is 32.5 Å². The van der Waals surface area contributed by atoms with E-state index in [1.807, 2.05) is 0 Å². The van der Waals surface area contributed by atoms with Gasteiger partial charge in [-0.3, -0.25) is 0 Å². The second-order valence-electron chi connectivity index (χ2n) is 3.85. The molecule has 17 heavy (non-hydrogen) atoms. The third-order valence-electron chi connectivity index (χ3n) is 1.94. The van der Waals surface area contributed by atoms with E-state index >= 15 is 0 Å². The zero-order valence-electron chi connectivity index (χ0n) is 11.0. The minimum Gasteiger partial charge on any atom is -0.462 e. The Morgan fingerprint density at radius 3 is 2.06 bits per heavy atom. The summed E-state index contributed by atoms with van der Waals surface area (Å²) in [6, 6.07) is 0. The smallest absolute Gasteiger partial charge is 0.333 e. The highest BCUT2D eigenvalue weighted by Gasteiger charge is 2.01. The molecule has 0 unspecified atom stereocenters. The van der Waals surface area contributed by atoms with Gasteiger partial charge in [0.25, 0.3) is 0 Å². The predicted octanol–water partition coefficient (Wildman–Crippen LogP) is 2.33. The van der Waals surface area contributed by atoms with Crippen molar-refractivity contribution in [2.45, 2.75) is 33.1 Å². The van der Waals surface area contributed by atoms with Crippen molar-refractivity contribution in [2.24, 2.45) is 0 Å². The standard InChI is InChI=1S/C13H24O4/c1-4-7-15-8-5-9-16-10-6-11-17-13(14)12(2)3/h2,4-11H2,1,3H3. The van der Waals surface area contributed by atoms with Gasteiger partial charge >= 0.3 is 5.97 Å². The van der Waals surface area contributed by atoms with Gasteiger partial charge in [0, 0.05) is 38.4 Å². The molecule has 0 aromatic heterocycles. The van der Waals surface area contributed by atoms with Gasteiger partial charge in [-0.2, -0.15) is 0 Å². The fraction of sp³-hybridized carbons (Fsp3) is 0.769. The molecule has 0 aromatic carbocycles. The molecule has 0 saturated heterocycles. The maximum absolute atomic E-state index is 11.0. The van der Waals surface area contributed by atoms with Crippen LogP contribution < -0.4 is 0 Å². The molecule has 0 N–H and O–H groups in total. The SMILES string of the molecule is C=C(C)C(=O)OCCCOCCCOCCC. The van der Waals surface area contributed by atoms with Crippen molar-refractivity contribution in [3.8, 4) is 0 Å². The van der Waals surface area contributed by atoms with Crippen LogP contribution in [0.25, 0.3) is 0 Å². The van der Waals surface area contributed by atoms with Crippen LogP contribution in [-0.2, 0) is 19.0 Å². The third-order valence-corrected chi connectivity index (χ3v) is 1.94. The molecule has 0 aliphatic rings. The van der Waals surface area contributed by atoms with E-state index in [1.165, 1.54) is 0 Å². The van der Waals surface area contributed by atoms with Crippen molar-refractivity contribution in [3.63, 3.8) is 0 Å². The first-order valence-corrected chi connectivity index (χ1v) is 6.16. The second kappa shape index (κ2) is 11.6. The lowest BCUT2D eigenvalue weighted by Crippen LogP contribution is -2.09. The van der Waals surface area contributed by atoms with Gasteiger partial charge in [0.1, 0.15) is 0 Å². The zero-order chi connectivity index (χ0) is 12.9. The zero-order valence-corrected chi connectivity index (χ0v) is 11.0. The molecule has 0 rings (SSSR count). The van der Waals surface area contributed by atoms with Gasteiger partial charge in [-0.25, -0.2) is 4.79 Å². The molecule has 0 aromatic rings. The molecule has 0 heterocycles. The average molecular weight is 244 g/mol. The molecule has 0 atom stereocenters. The van der Waals surface area contributed by atoms with Gasteiger partial charge in [-0.15, -0.1) is 0 Å². The third kappa shape index (κ3) is 11.4. The van der Waals surface area contributed by atoms with Crippen molar-refractivity contribution in [1.82, 2.24) is 0 Å². The molecular weight excluding hydrogens is 220 g/mol. The molecule has 0 aliphatic heterocycles. The molecule has 4 heteroatoms. The summed E-state index contributed by atoms with van der Waals surface area (Å²) in [6.07, 6.45) is 2.68. The summed E-state index contributed by atoms with van der Waals surface area (Å²) in [5, 5.41) is 0. The van der Waals surface area contributed by atoms with Crippen molar-refractivity contribution >= 4 is 5.97 Å². The quantitative estimate of drug-likeness (QED) is 0.318.